The molecule has 0 unspecified atom stereocenters. The van der Waals surface area contributed by atoms with Gasteiger partial charge in [-0.2, -0.15) is 0 Å². The normalized spacial score (nSPS) is 16.4. The van der Waals surface area contributed by atoms with Gasteiger partial charge in [-0.15, -0.1) is 0 Å². The van der Waals surface area contributed by atoms with Gasteiger partial charge in [0.25, 0.3) is 0 Å². The average Bonchev–Trinajstić information content (AvgIpc) is 2.73. The van der Waals surface area contributed by atoms with Crippen molar-refractivity contribution in [3.05, 3.63) is 65.9 Å². The fourth-order valence-electron chi connectivity index (χ4n) is 2.03. The summed E-state index contributed by atoms with van der Waals surface area (Å²) in [6, 6.07) is 9.36. The van der Waals surface area contributed by atoms with E-state index >= 15 is 0 Å². The van der Waals surface area contributed by atoms with Crippen molar-refractivity contribution in [1.82, 2.24) is 4.98 Å². The number of nitrogens with zero attached hydrogens (tertiary/aromatic N) is 1. The number of rotatable bonds is 2. The number of hydrogen-bond donors (Lipinski definition) is 1. The number of hydrogen-bond acceptors (Lipinski definition) is 4. The zero-order valence-corrected chi connectivity index (χ0v) is 11.2. The van der Waals surface area contributed by atoms with Crippen LogP contribution >= 0.6 is 0 Å². The van der Waals surface area contributed by atoms with Crippen LogP contribution in [0.15, 0.2) is 64.6 Å². The molecule has 0 radical (unpaired) electrons. The Balaban J connectivity index is 1.94. The van der Waals surface area contributed by atoms with E-state index in [-0.39, 0.29) is 11.7 Å². The summed E-state index contributed by atoms with van der Waals surface area (Å²) >= 11 is 0. The first-order chi connectivity index (χ1) is 10.2. The summed E-state index contributed by atoms with van der Waals surface area (Å²) in [5.41, 5.74) is 2.03. The SMILES string of the molecule is O=C1C=CCC(=Cc2nc(-c3ccccc3)oc2O)C=C1. The topological polar surface area (TPSA) is 63.3 Å². The maximum absolute atomic E-state index is 11.3. The molecule has 0 fully saturated rings. The Morgan fingerprint density at radius 3 is 2.76 bits per heavy atom. The van der Waals surface area contributed by atoms with Gasteiger partial charge < -0.3 is 9.52 Å². The van der Waals surface area contributed by atoms with Crippen molar-refractivity contribution in [1.29, 1.82) is 0 Å². The van der Waals surface area contributed by atoms with Crippen LogP contribution in [0.1, 0.15) is 12.1 Å². The van der Waals surface area contributed by atoms with Crippen LogP contribution < -0.4 is 0 Å². The molecule has 0 amide bonds. The first-order valence-electron chi connectivity index (χ1n) is 6.57. The summed E-state index contributed by atoms with van der Waals surface area (Å²) in [6.45, 7) is 0. The summed E-state index contributed by atoms with van der Waals surface area (Å²) < 4.78 is 5.29. The third-order valence-electron chi connectivity index (χ3n) is 3.07. The van der Waals surface area contributed by atoms with E-state index < -0.39 is 0 Å². The molecule has 3 rings (SSSR count). The predicted molar refractivity (Wildman–Crippen MR) is 79.5 cm³/mol. The zero-order chi connectivity index (χ0) is 14.7. The Kier molecular flexibility index (Phi) is 3.51. The van der Waals surface area contributed by atoms with Crippen LogP contribution in [0.3, 0.4) is 0 Å². The number of carbonyl (C=O) groups excluding carboxylic acids is 1. The van der Waals surface area contributed by atoms with Gasteiger partial charge in [-0.25, -0.2) is 4.98 Å². The highest BCUT2D eigenvalue weighted by Gasteiger charge is 2.12. The molecule has 4 heteroatoms. The van der Waals surface area contributed by atoms with Gasteiger partial charge in [0.05, 0.1) is 0 Å². The van der Waals surface area contributed by atoms with Gasteiger partial charge in [-0.1, -0.05) is 30.4 Å². The molecule has 1 aromatic carbocycles. The van der Waals surface area contributed by atoms with E-state index in [1.807, 2.05) is 30.3 Å². The number of ketones is 1. The van der Waals surface area contributed by atoms with Crippen LogP contribution in [0.5, 0.6) is 5.95 Å². The maximum atomic E-state index is 11.3. The van der Waals surface area contributed by atoms with Crippen molar-refractivity contribution in [2.24, 2.45) is 0 Å². The van der Waals surface area contributed by atoms with E-state index in [1.54, 1.807) is 18.2 Å². The summed E-state index contributed by atoms with van der Waals surface area (Å²) in [7, 11) is 0. The smallest absolute Gasteiger partial charge is 0.310 e. The van der Waals surface area contributed by atoms with E-state index in [2.05, 4.69) is 4.98 Å². The van der Waals surface area contributed by atoms with Gasteiger partial charge >= 0.3 is 5.95 Å². The molecule has 21 heavy (non-hydrogen) atoms. The molecule has 1 N–H and O–H groups in total. The molecule has 1 aliphatic rings. The summed E-state index contributed by atoms with van der Waals surface area (Å²) in [5, 5.41) is 9.86. The number of aromatic nitrogens is 1. The molecular weight excluding hydrogens is 266 g/mol. The Hall–Kier alpha value is -2.88. The lowest BCUT2D eigenvalue weighted by atomic mass is 10.1. The third kappa shape index (κ3) is 3.00. The van der Waals surface area contributed by atoms with Gasteiger partial charge in [0.2, 0.25) is 5.89 Å². The van der Waals surface area contributed by atoms with Gasteiger partial charge in [-0.05, 0) is 42.4 Å². The minimum atomic E-state index is -0.227. The second kappa shape index (κ2) is 5.63. The molecule has 0 saturated carbocycles. The second-order valence-electron chi connectivity index (χ2n) is 4.64. The van der Waals surface area contributed by atoms with Crippen LogP contribution in [0.4, 0.5) is 0 Å². The molecule has 0 aliphatic heterocycles. The largest absolute Gasteiger partial charge is 0.479 e. The molecule has 1 heterocycles. The highest BCUT2D eigenvalue weighted by molar-refractivity contribution is 6.00. The summed E-state index contributed by atoms with van der Waals surface area (Å²) in [4.78, 5) is 15.5. The number of oxazole rings is 1. The molecule has 0 spiro atoms. The molecular formula is C17H13NO3. The predicted octanol–water partition coefficient (Wildman–Crippen LogP) is 3.52. The molecule has 1 aliphatic carbocycles. The van der Waals surface area contributed by atoms with Gasteiger partial charge in [0, 0.05) is 5.56 Å². The Morgan fingerprint density at radius 1 is 1.14 bits per heavy atom. The van der Waals surface area contributed by atoms with Crippen LogP contribution in [0.25, 0.3) is 17.5 Å². The van der Waals surface area contributed by atoms with Crippen LogP contribution in [-0.4, -0.2) is 15.9 Å². The first-order valence-corrected chi connectivity index (χ1v) is 6.57. The van der Waals surface area contributed by atoms with Crippen LogP contribution in [-0.2, 0) is 4.79 Å². The van der Waals surface area contributed by atoms with Crippen molar-refractivity contribution in [2.45, 2.75) is 6.42 Å². The Labute approximate surface area is 121 Å². The Morgan fingerprint density at radius 2 is 1.95 bits per heavy atom. The minimum Gasteiger partial charge on any atom is -0.479 e. The van der Waals surface area contributed by atoms with E-state index in [0.29, 0.717) is 18.0 Å². The molecule has 1 aromatic heterocycles. The maximum Gasteiger partial charge on any atom is 0.310 e. The van der Waals surface area contributed by atoms with E-state index in [0.717, 1.165) is 11.1 Å². The second-order valence-corrected chi connectivity index (χ2v) is 4.64. The van der Waals surface area contributed by atoms with Crippen molar-refractivity contribution >= 4 is 11.9 Å². The standard InChI is InChI=1S/C17H13NO3/c19-14-8-4-5-12(9-10-14)11-15-17(20)21-16(18-15)13-6-2-1-3-7-13/h1-4,6-11,20H,5H2. The molecule has 2 aromatic rings. The lowest BCUT2D eigenvalue weighted by Gasteiger charge is -1.94. The average molecular weight is 279 g/mol. The molecule has 4 nitrogen and oxygen atoms in total. The molecule has 104 valence electrons. The monoisotopic (exact) mass is 279 g/mol. The summed E-state index contributed by atoms with van der Waals surface area (Å²) in [5.74, 6) is 0.0891. The van der Waals surface area contributed by atoms with Gasteiger partial charge in [0.15, 0.2) is 5.78 Å². The highest BCUT2D eigenvalue weighted by Crippen LogP contribution is 2.28. The summed E-state index contributed by atoms with van der Waals surface area (Å²) in [6.07, 6.45) is 8.84. The zero-order valence-electron chi connectivity index (χ0n) is 11.2. The number of aromatic hydroxyl groups is 1. The van der Waals surface area contributed by atoms with Gasteiger partial charge in [-0.3, -0.25) is 4.79 Å². The van der Waals surface area contributed by atoms with E-state index in [1.165, 1.54) is 12.2 Å². The quantitative estimate of drug-likeness (QED) is 0.913. The lowest BCUT2D eigenvalue weighted by Crippen LogP contribution is -1.81. The minimum absolute atomic E-state index is 0.0484. The number of allylic oxidation sites excluding steroid dienone is 5. The van der Waals surface area contributed by atoms with Crippen molar-refractivity contribution < 1.29 is 14.3 Å². The highest BCUT2D eigenvalue weighted by atomic mass is 16.5. The van der Waals surface area contributed by atoms with E-state index in [4.69, 9.17) is 4.42 Å². The van der Waals surface area contributed by atoms with Crippen LogP contribution in [0, 0.1) is 0 Å². The number of benzene rings is 1. The fraction of sp³-hybridized carbons (Fsp3) is 0.0588. The molecule has 0 saturated heterocycles. The van der Waals surface area contributed by atoms with Crippen LogP contribution in [0.2, 0.25) is 0 Å². The first kappa shape index (κ1) is 13.1. The van der Waals surface area contributed by atoms with Crippen molar-refractivity contribution in [2.75, 3.05) is 0 Å². The van der Waals surface area contributed by atoms with Crippen molar-refractivity contribution in [3.63, 3.8) is 0 Å². The molecule has 0 atom stereocenters. The van der Waals surface area contributed by atoms with E-state index in [9.17, 15) is 9.90 Å². The lowest BCUT2D eigenvalue weighted by molar-refractivity contribution is -0.110. The third-order valence-corrected chi connectivity index (χ3v) is 3.07. The Bertz CT molecular complexity index is 752. The fourth-order valence-corrected chi connectivity index (χ4v) is 2.03. The van der Waals surface area contributed by atoms with Gasteiger partial charge in [0.1, 0.15) is 5.69 Å². The number of carbonyl (C=O) groups is 1. The van der Waals surface area contributed by atoms with Crippen molar-refractivity contribution in [3.8, 4) is 17.4 Å². The molecule has 0 bridgehead atoms.